The van der Waals surface area contributed by atoms with Crippen LogP contribution >= 0.6 is 0 Å². The Morgan fingerprint density at radius 3 is 2.67 bits per heavy atom. The minimum absolute atomic E-state index is 0.241. The molecule has 0 saturated carbocycles. The molecule has 0 bridgehead atoms. The van der Waals surface area contributed by atoms with Crippen molar-refractivity contribution in [3.05, 3.63) is 47.9 Å². The van der Waals surface area contributed by atoms with Crippen LogP contribution in [-0.2, 0) is 0 Å². The van der Waals surface area contributed by atoms with Crippen molar-refractivity contribution in [3.8, 4) is 0 Å². The van der Waals surface area contributed by atoms with Crippen LogP contribution in [0.4, 0.5) is 10.1 Å². The number of nitrogens with one attached hydrogen (secondary N) is 2. The van der Waals surface area contributed by atoms with E-state index >= 15 is 0 Å². The van der Waals surface area contributed by atoms with Crippen LogP contribution in [0.5, 0.6) is 0 Å². The topological polar surface area (TPSA) is 74.6 Å². The van der Waals surface area contributed by atoms with E-state index in [1.54, 1.807) is 23.7 Å². The van der Waals surface area contributed by atoms with Gasteiger partial charge in [0.1, 0.15) is 11.5 Å². The van der Waals surface area contributed by atoms with Crippen molar-refractivity contribution in [2.24, 2.45) is 0 Å². The summed E-state index contributed by atoms with van der Waals surface area (Å²) in [6, 6.07) is 8.94. The van der Waals surface area contributed by atoms with Gasteiger partial charge < -0.3 is 15.5 Å². The number of benzene rings is 1. The smallest absolute Gasteiger partial charge is 0.254 e. The monoisotopic (exact) mass is 406 g/mol. The van der Waals surface area contributed by atoms with Gasteiger partial charge in [-0.2, -0.15) is 0 Å². The zero-order valence-corrected chi connectivity index (χ0v) is 17.1. The minimum atomic E-state index is -0.358. The zero-order valence-electron chi connectivity index (χ0n) is 17.1. The Morgan fingerprint density at radius 2 is 1.93 bits per heavy atom. The first-order valence-electron chi connectivity index (χ1n) is 10.1. The molecule has 1 aliphatic heterocycles. The van der Waals surface area contributed by atoms with Crippen LogP contribution in [0, 0.1) is 5.82 Å². The predicted octanol–water partition coefficient (Wildman–Crippen LogP) is 2.72. The predicted molar refractivity (Wildman–Crippen MR) is 116 cm³/mol. The van der Waals surface area contributed by atoms with Gasteiger partial charge in [0.25, 0.3) is 5.91 Å². The van der Waals surface area contributed by atoms with Gasteiger partial charge in [-0.1, -0.05) is 0 Å². The maximum atomic E-state index is 14.1. The molecule has 2 N–H and O–H groups in total. The number of amides is 1. The number of carbonyl (C=O) groups excluding carboxylic acids is 1. The Balaban J connectivity index is 1.87. The molecule has 0 spiro atoms. The van der Waals surface area contributed by atoms with Gasteiger partial charge in [0.15, 0.2) is 5.65 Å². The number of hydrogen-bond acceptors (Lipinski definition) is 5. The normalized spacial score (nSPS) is 19.7. The largest absolute Gasteiger partial charge is 0.368 e. The van der Waals surface area contributed by atoms with Crippen molar-refractivity contribution in [1.29, 1.82) is 0 Å². The van der Waals surface area contributed by atoms with Gasteiger partial charge in [0.2, 0.25) is 0 Å². The first-order valence-corrected chi connectivity index (χ1v) is 10.1. The Labute approximate surface area is 172 Å². The van der Waals surface area contributed by atoms with Crippen molar-refractivity contribution in [1.82, 2.24) is 25.0 Å². The van der Waals surface area contributed by atoms with Crippen molar-refractivity contribution < 1.29 is 9.18 Å². The average molecular weight is 406 g/mol. The summed E-state index contributed by atoms with van der Waals surface area (Å²) in [4.78, 5) is 24.3. The van der Waals surface area contributed by atoms with Gasteiger partial charge in [-0.15, -0.1) is 0 Å². The highest BCUT2D eigenvalue weighted by atomic mass is 19.1. The van der Waals surface area contributed by atoms with Gasteiger partial charge in [0, 0.05) is 55.6 Å². The van der Waals surface area contributed by atoms with E-state index in [-0.39, 0.29) is 11.7 Å². The highest BCUT2D eigenvalue weighted by Gasteiger charge is 2.25. The molecule has 1 amide bonds. The van der Waals surface area contributed by atoms with E-state index in [0.717, 1.165) is 24.2 Å². The quantitative estimate of drug-likeness (QED) is 0.536. The molecule has 154 valence electrons. The van der Waals surface area contributed by atoms with Gasteiger partial charge >= 0.3 is 0 Å². The fraction of sp³-hybridized carbons (Fsp3) is 0.318. The third-order valence-electron chi connectivity index (χ3n) is 5.67. The van der Waals surface area contributed by atoms with Gasteiger partial charge in [-0.05, 0) is 38.1 Å². The fourth-order valence-electron chi connectivity index (χ4n) is 4.52. The standard InChI is InChI=1S/C22H23FN6O/c1-12-10-28(11-13(2)26-12)18-6-7-25-20-15(18)9-16(22(30)24-3)21-27-17-5-4-14(23)8-19(17)29(20)21/h4-9,12-13,26H,10-11H2,1-3H3,(H,24,30)/t12-,13+. The molecule has 30 heavy (non-hydrogen) atoms. The van der Waals surface area contributed by atoms with Gasteiger partial charge in [-0.25, -0.2) is 14.4 Å². The van der Waals surface area contributed by atoms with Crippen molar-refractivity contribution in [2.45, 2.75) is 25.9 Å². The maximum Gasteiger partial charge on any atom is 0.254 e. The van der Waals surface area contributed by atoms with Gasteiger partial charge in [-0.3, -0.25) is 9.20 Å². The lowest BCUT2D eigenvalue weighted by atomic mass is 10.1. The first-order chi connectivity index (χ1) is 14.5. The number of imidazole rings is 1. The number of nitrogens with zero attached hydrogens (tertiary/aromatic N) is 4. The molecule has 5 rings (SSSR count). The lowest BCUT2D eigenvalue weighted by molar-refractivity contribution is 0.0964. The maximum absolute atomic E-state index is 14.1. The number of aromatic nitrogens is 3. The molecule has 2 atom stereocenters. The highest BCUT2D eigenvalue weighted by Crippen LogP contribution is 2.32. The molecule has 4 heterocycles. The molecule has 7 nitrogen and oxygen atoms in total. The van der Waals surface area contributed by atoms with E-state index in [0.29, 0.717) is 40.0 Å². The van der Waals surface area contributed by atoms with E-state index in [1.165, 1.54) is 12.1 Å². The van der Waals surface area contributed by atoms with E-state index in [1.807, 2.05) is 12.1 Å². The minimum Gasteiger partial charge on any atom is -0.368 e. The van der Waals surface area contributed by atoms with E-state index in [9.17, 15) is 9.18 Å². The van der Waals surface area contributed by atoms with Crippen LogP contribution in [0.3, 0.4) is 0 Å². The van der Waals surface area contributed by atoms with E-state index in [4.69, 9.17) is 0 Å². The number of piperazine rings is 1. The van der Waals surface area contributed by atoms with Crippen LogP contribution < -0.4 is 15.5 Å². The molecule has 1 aliphatic rings. The Hall–Kier alpha value is -3.26. The van der Waals surface area contributed by atoms with Crippen LogP contribution in [0.25, 0.3) is 27.7 Å². The second-order valence-corrected chi connectivity index (χ2v) is 7.98. The molecule has 8 heteroatoms. The molecule has 1 saturated heterocycles. The molecule has 3 aromatic heterocycles. The summed E-state index contributed by atoms with van der Waals surface area (Å²) in [5.41, 5.74) is 3.77. The number of anilines is 1. The lowest BCUT2D eigenvalue weighted by Gasteiger charge is -2.38. The number of halogens is 1. The number of hydrogen-bond donors (Lipinski definition) is 2. The molecular weight excluding hydrogens is 383 g/mol. The molecule has 4 aromatic rings. The second-order valence-electron chi connectivity index (χ2n) is 7.98. The summed E-state index contributed by atoms with van der Waals surface area (Å²) in [5, 5.41) is 7.08. The number of rotatable bonds is 2. The third-order valence-corrected chi connectivity index (χ3v) is 5.67. The summed E-state index contributed by atoms with van der Waals surface area (Å²) < 4.78 is 15.9. The lowest BCUT2D eigenvalue weighted by Crippen LogP contribution is -2.54. The zero-order chi connectivity index (χ0) is 21.0. The molecule has 0 unspecified atom stereocenters. The second kappa shape index (κ2) is 6.91. The Morgan fingerprint density at radius 1 is 1.17 bits per heavy atom. The molecule has 0 aliphatic carbocycles. The van der Waals surface area contributed by atoms with Crippen LogP contribution in [0.2, 0.25) is 0 Å². The van der Waals surface area contributed by atoms with Crippen LogP contribution in [0.15, 0.2) is 36.5 Å². The highest BCUT2D eigenvalue weighted by molar-refractivity contribution is 6.07. The van der Waals surface area contributed by atoms with Gasteiger partial charge in [0.05, 0.1) is 16.6 Å². The average Bonchev–Trinajstić information content (AvgIpc) is 3.10. The van der Waals surface area contributed by atoms with Crippen molar-refractivity contribution in [3.63, 3.8) is 0 Å². The summed E-state index contributed by atoms with van der Waals surface area (Å²) in [5.74, 6) is -0.599. The Bertz CT molecular complexity index is 1290. The molecule has 1 aromatic carbocycles. The van der Waals surface area contributed by atoms with Crippen LogP contribution in [-0.4, -0.2) is 52.5 Å². The first kappa shape index (κ1) is 18.7. The summed E-state index contributed by atoms with van der Waals surface area (Å²) >= 11 is 0. The third kappa shape index (κ3) is 2.87. The Kier molecular flexibility index (Phi) is 4.32. The SMILES string of the molecule is CNC(=O)c1cc2c(N3C[C@@H](C)N[C@@H](C)C3)ccnc2n2c1nc1ccc(F)cc12. The van der Waals surface area contributed by atoms with Crippen molar-refractivity contribution >= 4 is 39.3 Å². The molecule has 0 radical (unpaired) electrons. The number of carbonyl (C=O) groups is 1. The van der Waals surface area contributed by atoms with E-state index < -0.39 is 0 Å². The summed E-state index contributed by atoms with van der Waals surface area (Å²) in [7, 11) is 1.59. The molecular formula is C22H23FN6O. The summed E-state index contributed by atoms with van der Waals surface area (Å²) in [6.07, 6.45) is 1.76. The number of fused-ring (bicyclic) bond motifs is 5. The van der Waals surface area contributed by atoms with Crippen molar-refractivity contribution in [2.75, 3.05) is 25.0 Å². The number of pyridine rings is 2. The van der Waals surface area contributed by atoms with E-state index in [2.05, 4.69) is 39.3 Å². The summed E-state index contributed by atoms with van der Waals surface area (Å²) in [6.45, 7) is 6.00. The van der Waals surface area contributed by atoms with Crippen LogP contribution in [0.1, 0.15) is 24.2 Å². The fourth-order valence-corrected chi connectivity index (χ4v) is 4.52. The molecule has 1 fully saturated rings.